The third kappa shape index (κ3) is 3.37. The lowest BCUT2D eigenvalue weighted by atomic mass is 10.1. The molecule has 0 spiro atoms. The molecule has 104 valence electrons. The van der Waals surface area contributed by atoms with E-state index in [2.05, 4.69) is 25.9 Å². The van der Waals surface area contributed by atoms with Crippen LogP contribution in [0.2, 0.25) is 0 Å². The summed E-state index contributed by atoms with van der Waals surface area (Å²) in [6.07, 6.45) is 0.325. The predicted octanol–water partition coefficient (Wildman–Crippen LogP) is 0.0827. The monoisotopic (exact) mass is 274 g/mol. The number of nitrogens with one attached hydrogen (secondary N) is 2. The predicted molar refractivity (Wildman–Crippen MR) is 71.0 cm³/mol. The summed E-state index contributed by atoms with van der Waals surface area (Å²) in [7, 11) is 3.42. The molecule has 1 heterocycles. The highest BCUT2D eigenvalue weighted by atomic mass is 16.2. The SMILES string of the molecule is CN(C)C(=O)Cc1ccc(NC(=O)c2nn[nH]n2)cc1. The topological polar surface area (TPSA) is 104 Å². The van der Waals surface area contributed by atoms with E-state index in [1.54, 1.807) is 38.4 Å². The number of hydrogen-bond acceptors (Lipinski definition) is 5. The summed E-state index contributed by atoms with van der Waals surface area (Å²) in [5, 5.41) is 15.3. The van der Waals surface area contributed by atoms with Crippen molar-refractivity contribution < 1.29 is 9.59 Å². The van der Waals surface area contributed by atoms with Crippen molar-refractivity contribution >= 4 is 17.5 Å². The van der Waals surface area contributed by atoms with Crippen LogP contribution >= 0.6 is 0 Å². The molecule has 0 radical (unpaired) electrons. The highest BCUT2D eigenvalue weighted by Gasteiger charge is 2.11. The number of anilines is 1. The van der Waals surface area contributed by atoms with E-state index < -0.39 is 5.91 Å². The van der Waals surface area contributed by atoms with Crippen LogP contribution in [0.5, 0.6) is 0 Å². The molecular weight excluding hydrogens is 260 g/mol. The van der Waals surface area contributed by atoms with Gasteiger partial charge in [0, 0.05) is 19.8 Å². The molecule has 0 saturated carbocycles. The Morgan fingerprint density at radius 2 is 1.95 bits per heavy atom. The number of tetrazole rings is 1. The molecule has 0 saturated heterocycles. The van der Waals surface area contributed by atoms with E-state index >= 15 is 0 Å². The first-order chi connectivity index (χ1) is 9.56. The second kappa shape index (κ2) is 5.91. The van der Waals surface area contributed by atoms with Gasteiger partial charge in [0.2, 0.25) is 5.91 Å². The second-order valence-electron chi connectivity index (χ2n) is 4.35. The summed E-state index contributed by atoms with van der Waals surface area (Å²) in [6.45, 7) is 0. The zero-order valence-corrected chi connectivity index (χ0v) is 11.1. The molecule has 0 fully saturated rings. The van der Waals surface area contributed by atoms with E-state index in [0.29, 0.717) is 12.1 Å². The largest absolute Gasteiger partial charge is 0.349 e. The van der Waals surface area contributed by atoms with Crippen molar-refractivity contribution in [1.82, 2.24) is 25.5 Å². The summed E-state index contributed by atoms with van der Waals surface area (Å²) in [4.78, 5) is 24.8. The third-order valence-electron chi connectivity index (χ3n) is 2.61. The average molecular weight is 274 g/mol. The van der Waals surface area contributed by atoms with Crippen LogP contribution in [0.15, 0.2) is 24.3 Å². The van der Waals surface area contributed by atoms with Crippen molar-refractivity contribution in [3.05, 3.63) is 35.7 Å². The van der Waals surface area contributed by atoms with Crippen LogP contribution in [-0.4, -0.2) is 51.4 Å². The molecule has 0 bridgehead atoms. The molecule has 0 aliphatic heterocycles. The summed E-state index contributed by atoms with van der Waals surface area (Å²) < 4.78 is 0. The molecule has 8 heteroatoms. The van der Waals surface area contributed by atoms with E-state index in [9.17, 15) is 9.59 Å². The smallest absolute Gasteiger partial charge is 0.297 e. The standard InChI is InChI=1S/C12H14N6O2/c1-18(2)10(19)7-8-3-5-9(6-4-8)13-12(20)11-14-16-17-15-11/h3-6H,7H2,1-2H3,(H,13,20)(H,14,15,16,17). The molecule has 0 atom stereocenters. The second-order valence-corrected chi connectivity index (χ2v) is 4.35. The Labute approximate surface area is 115 Å². The van der Waals surface area contributed by atoms with Crippen LogP contribution in [0.1, 0.15) is 16.2 Å². The molecule has 8 nitrogen and oxygen atoms in total. The van der Waals surface area contributed by atoms with Crippen molar-refractivity contribution in [2.24, 2.45) is 0 Å². The summed E-state index contributed by atoms with van der Waals surface area (Å²) in [5.74, 6) is -0.457. The first-order valence-electron chi connectivity index (χ1n) is 5.90. The van der Waals surface area contributed by atoms with Crippen molar-refractivity contribution in [1.29, 1.82) is 0 Å². The Bertz CT molecular complexity index is 591. The quantitative estimate of drug-likeness (QED) is 0.821. The number of rotatable bonds is 4. The molecule has 1 aromatic carbocycles. The van der Waals surface area contributed by atoms with Crippen LogP contribution in [0.25, 0.3) is 0 Å². The van der Waals surface area contributed by atoms with Gasteiger partial charge < -0.3 is 10.2 Å². The van der Waals surface area contributed by atoms with Gasteiger partial charge in [0.15, 0.2) is 0 Å². The molecule has 0 aliphatic rings. The normalized spacial score (nSPS) is 10.1. The highest BCUT2D eigenvalue weighted by Crippen LogP contribution is 2.11. The van der Waals surface area contributed by atoms with Gasteiger partial charge in [0.05, 0.1) is 6.42 Å². The van der Waals surface area contributed by atoms with Gasteiger partial charge in [-0.25, -0.2) is 0 Å². The fraction of sp³-hybridized carbons (Fsp3) is 0.250. The number of amides is 2. The maximum atomic E-state index is 11.7. The Morgan fingerprint density at radius 3 is 2.50 bits per heavy atom. The number of H-pyrrole nitrogens is 1. The van der Waals surface area contributed by atoms with Gasteiger partial charge in [-0.05, 0) is 22.9 Å². The number of carbonyl (C=O) groups is 2. The zero-order valence-electron chi connectivity index (χ0n) is 11.1. The highest BCUT2D eigenvalue weighted by molar-refractivity contribution is 6.01. The molecule has 2 aromatic rings. The first-order valence-corrected chi connectivity index (χ1v) is 5.90. The molecule has 20 heavy (non-hydrogen) atoms. The van der Waals surface area contributed by atoms with Gasteiger partial charge in [-0.3, -0.25) is 9.59 Å². The van der Waals surface area contributed by atoms with Crippen LogP contribution in [0.3, 0.4) is 0 Å². The minimum absolute atomic E-state index is 0.0218. The van der Waals surface area contributed by atoms with Crippen molar-refractivity contribution in [2.45, 2.75) is 6.42 Å². The number of carbonyl (C=O) groups excluding carboxylic acids is 2. The lowest BCUT2D eigenvalue weighted by molar-refractivity contribution is -0.127. The van der Waals surface area contributed by atoms with E-state index in [0.717, 1.165) is 5.56 Å². The van der Waals surface area contributed by atoms with Gasteiger partial charge >= 0.3 is 0 Å². The summed E-state index contributed by atoms with van der Waals surface area (Å²) in [5.41, 5.74) is 1.47. The van der Waals surface area contributed by atoms with Gasteiger partial charge in [-0.1, -0.05) is 12.1 Å². The fourth-order valence-corrected chi connectivity index (χ4v) is 1.48. The van der Waals surface area contributed by atoms with Crippen LogP contribution < -0.4 is 5.32 Å². The van der Waals surface area contributed by atoms with Gasteiger partial charge in [0.1, 0.15) is 0 Å². The number of aromatic nitrogens is 4. The first kappa shape index (κ1) is 13.7. The lowest BCUT2D eigenvalue weighted by Crippen LogP contribution is -2.23. The molecule has 2 amide bonds. The number of likely N-dealkylation sites (N-methyl/N-ethyl adjacent to an activating group) is 1. The maximum absolute atomic E-state index is 11.7. The minimum atomic E-state index is -0.448. The minimum Gasteiger partial charge on any atom is -0.349 e. The lowest BCUT2D eigenvalue weighted by Gasteiger charge is -2.10. The Hall–Kier alpha value is -2.77. The van der Waals surface area contributed by atoms with Crippen molar-refractivity contribution in [2.75, 3.05) is 19.4 Å². The summed E-state index contributed by atoms with van der Waals surface area (Å²) in [6, 6.07) is 7.01. The average Bonchev–Trinajstić information content (AvgIpc) is 2.95. The van der Waals surface area contributed by atoms with Gasteiger partial charge in [-0.15, -0.1) is 10.2 Å². The van der Waals surface area contributed by atoms with Crippen LogP contribution in [-0.2, 0) is 11.2 Å². The maximum Gasteiger partial charge on any atom is 0.297 e. The molecule has 0 unspecified atom stereocenters. The fourth-order valence-electron chi connectivity index (χ4n) is 1.48. The van der Waals surface area contributed by atoms with E-state index in [-0.39, 0.29) is 11.7 Å². The van der Waals surface area contributed by atoms with E-state index in [1.165, 1.54) is 4.90 Å². The third-order valence-corrected chi connectivity index (χ3v) is 2.61. The molecule has 2 rings (SSSR count). The number of nitrogens with zero attached hydrogens (tertiary/aromatic N) is 4. The number of hydrogen-bond donors (Lipinski definition) is 2. The van der Waals surface area contributed by atoms with Gasteiger partial charge in [0.25, 0.3) is 11.7 Å². The Kier molecular flexibility index (Phi) is 4.04. The van der Waals surface area contributed by atoms with Crippen LogP contribution in [0, 0.1) is 0 Å². The van der Waals surface area contributed by atoms with Crippen LogP contribution in [0.4, 0.5) is 5.69 Å². The van der Waals surface area contributed by atoms with Crippen molar-refractivity contribution in [3.8, 4) is 0 Å². The number of benzene rings is 1. The van der Waals surface area contributed by atoms with E-state index in [1.807, 2.05) is 0 Å². The molecule has 0 aliphatic carbocycles. The zero-order chi connectivity index (χ0) is 14.5. The Balaban J connectivity index is 1.98. The van der Waals surface area contributed by atoms with Gasteiger partial charge in [-0.2, -0.15) is 5.21 Å². The molecule has 1 aromatic heterocycles. The van der Waals surface area contributed by atoms with E-state index in [4.69, 9.17) is 0 Å². The molecular formula is C12H14N6O2. The molecule has 2 N–H and O–H groups in total. The number of aromatic amines is 1. The summed E-state index contributed by atoms with van der Waals surface area (Å²) >= 11 is 0. The Morgan fingerprint density at radius 1 is 1.25 bits per heavy atom. The van der Waals surface area contributed by atoms with Crippen molar-refractivity contribution in [3.63, 3.8) is 0 Å².